The van der Waals surface area contributed by atoms with E-state index in [9.17, 15) is 0 Å². The lowest BCUT2D eigenvalue weighted by Gasteiger charge is -2.22. The minimum Gasteiger partial charge on any atom is -0.455 e. The van der Waals surface area contributed by atoms with E-state index >= 15 is 0 Å². The highest BCUT2D eigenvalue weighted by atomic mass is 16.3. The topological polar surface area (TPSA) is 56.7 Å². The van der Waals surface area contributed by atoms with Gasteiger partial charge in [0.05, 0.1) is 16.4 Å². The third-order valence-electron chi connectivity index (χ3n) is 12.7. The first kappa shape index (κ1) is 31.5. The van der Waals surface area contributed by atoms with E-state index in [1.807, 2.05) is 12.1 Å². The minimum absolute atomic E-state index is 0.161. The number of nitrogens with zero attached hydrogens (tertiary/aromatic N) is 4. The largest absolute Gasteiger partial charge is 0.455 e. The molecule has 0 aliphatic heterocycles. The average molecular weight is 721 g/mol. The van der Waals surface area contributed by atoms with Crippen molar-refractivity contribution in [3.8, 4) is 51.0 Å². The summed E-state index contributed by atoms with van der Waals surface area (Å²) in [7, 11) is 0. The molecule has 0 fully saturated rings. The van der Waals surface area contributed by atoms with Crippen molar-refractivity contribution in [2.45, 2.75) is 38.5 Å². The van der Waals surface area contributed by atoms with Crippen LogP contribution in [0.25, 0.3) is 94.7 Å². The maximum atomic E-state index is 6.62. The zero-order valence-corrected chi connectivity index (χ0v) is 31.6. The molecule has 7 aromatic carbocycles. The monoisotopic (exact) mass is 720 g/mol. The van der Waals surface area contributed by atoms with Gasteiger partial charge in [0, 0.05) is 38.1 Å². The highest BCUT2D eigenvalue weighted by Gasteiger charge is 2.37. The van der Waals surface area contributed by atoms with Crippen LogP contribution < -0.4 is 0 Å². The first-order valence-corrected chi connectivity index (χ1v) is 19.4. The Balaban J connectivity index is 1.12. The molecular weight excluding hydrogens is 685 g/mol. The van der Waals surface area contributed by atoms with Gasteiger partial charge in [0.15, 0.2) is 11.6 Å². The number of furan rings is 1. The molecule has 10 aromatic rings. The molecule has 0 N–H and O–H groups in total. The molecule has 0 bridgehead atoms. The highest BCUT2D eigenvalue weighted by molar-refractivity contribution is 6.23. The number of rotatable bonds is 3. The second-order valence-electron chi connectivity index (χ2n) is 16.4. The Morgan fingerprint density at radius 3 is 1.62 bits per heavy atom. The molecule has 0 saturated carbocycles. The van der Waals surface area contributed by atoms with Gasteiger partial charge in [-0.2, -0.15) is 9.97 Å². The van der Waals surface area contributed by atoms with E-state index in [0.29, 0.717) is 17.6 Å². The number of para-hydroxylation sites is 2. The summed E-state index contributed by atoms with van der Waals surface area (Å²) in [6.07, 6.45) is 0. The Kier molecular flexibility index (Phi) is 6.12. The fourth-order valence-corrected chi connectivity index (χ4v) is 9.86. The average Bonchev–Trinajstić information content (AvgIpc) is 3.91. The minimum atomic E-state index is -0.161. The van der Waals surface area contributed by atoms with Crippen LogP contribution >= 0.6 is 0 Å². The third-order valence-corrected chi connectivity index (χ3v) is 12.7. The summed E-state index contributed by atoms with van der Waals surface area (Å²) in [6, 6.07) is 52.0. The molecule has 0 spiro atoms. The molecular formula is C51H36N4O. The standard InChI is InChI=1S/C51H36N4O/c1-50(2)38-17-9-5-13-31(38)33-23-21-29(27-40(33)50)47-52-48(30-22-24-34-32-14-6-10-18-39(32)51(3,4)41(34)28-30)54-49(53-47)55-42-19-11-7-16-37(42)45-43(55)26-25-36-35-15-8-12-20-44(35)56-46(36)45/h5-28H,1-4H3. The Bertz CT molecular complexity index is 3200. The van der Waals surface area contributed by atoms with E-state index in [4.69, 9.17) is 19.4 Å². The summed E-state index contributed by atoms with van der Waals surface area (Å²) in [5.41, 5.74) is 15.7. The summed E-state index contributed by atoms with van der Waals surface area (Å²) < 4.78 is 8.81. The molecule has 56 heavy (non-hydrogen) atoms. The van der Waals surface area contributed by atoms with Gasteiger partial charge in [-0.1, -0.05) is 137 Å². The number of benzene rings is 7. The maximum Gasteiger partial charge on any atom is 0.238 e. The Morgan fingerprint density at radius 1 is 0.446 bits per heavy atom. The van der Waals surface area contributed by atoms with Gasteiger partial charge in [0.2, 0.25) is 5.95 Å². The van der Waals surface area contributed by atoms with Crippen LogP contribution in [0.15, 0.2) is 150 Å². The van der Waals surface area contributed by atoms with E-state index in [2.05, 4.69) is 166 Å². The number of aromatic nitrogens is 4. The second kappa shape index (κ2) is 10.9. The van der Waals surface area contributed by atoms with Gasteiger partial charge in [-0.15, -0.1) is 0 Å². The molecule has 266 valence electrons. The predicted molar refractivity (Wildman–Crippen MR) is 227 cm³/mol. The van der Waals surface area contributed by atoms with Gasteiger partial charge in [0.25, 0.3) is 0 Å². The van der Waals surface area contributed by atoms with Gasteiger partial charge >= 0.3 is 0 Å². The lowest BCUT2D eigenvalue weighted by Crippen LogP contribution is -2.15. The van der Waals surface area contributed by atoms with Crippen LogP contribution in [-0.2, 0) is 10.8 Å². The Morgan fingerprint density at radius 2 is 0.982 bits per heavy atom. The maximum absolute atomic E-state index is 6.62. The van der Waals surface area contributed by atoms with Crippen molar-refractivity contribution >= 4 is 43.7 Å². The number of hydrogen-bond donors (Lipinski definition) is 0. The highest BCUT2D eigenvalue weighted by Crippen LogP contribution is 2.51. The Hall–Kier alpha value is -6.85. The van der Waals surface area contributed by atoms with E-state index in [1.165, 1.54) is 44.5 Å². The second-order valence-corrected chi connectivity index (χ2v) is 16.4. The van der Waals surface area contributed by atoms with Gasteiger partial charge < -0.3 is 4.42 Å². The van der Waals surface area contributed by atoms with E-state index in [-0.39, 0.29) is 10.8 Å². The molecule has 2 aliphatic rings. The van der Waals surface area contributed by atoms with Gasteiger partial charge in [0.1, 0.15) is 11.2 Å². The summed E-state index contributed by atoms with van der Waals surface area (Å²) in [6.45, 7) is 9.25. The van der Waals surface area contributed by atoms with Crippen LogP contribution in [0.2, 0.25) is 0 Å². The molecule has 0 amide bonds. The molecule has 0 radical (unpaired) electrons. The molecule has 0 saturated heterocycles. The van der Waals surface area contributed by atoms with E-state index in [1.54, 1.807) is 0 Å². The van der Waals surface area contributed by atoms with Crippen LogP contribution in [0, 0.1) is 0 Å². The smallest absolute Gasteiger partial charge is 0.238 e. The van der Waals surface area contributed by atoms with Crippen molar-refractivity contribution in [1.29, 1.82) is 0 Å². The van der Waals surface area contributed by atoms with Crippen LogP contribution in [0.5, 0.6) is 0 Å². The Labute approximate surface area is 323 Å². The first-order chi connectivity index (χ1) is 27.3. The summed E-state index contributed by atoms with van der Waals surface area (Å²) in [4.78, 5) is 16.0. The van der Waals surface area contributed by atoms with Crippen molar-refractivity contribution < 1.29 is 4.42 Å². The first-order valence-electron chi connectivity index (χ1n) is 19.4. The molecule has 3 aromatic heterocycles. The molecule has 0 atom stereocenters. The summed E-state index contributed by atoms with van der Waals surface area (Å²) in [5, 5.41) is 4.34. The zero-order valence-electron chi connectivity index (χ0n) is 31.6. The van der Waals surface area contributed by atoms with Crippen LogP contribution in [0.1, 0.15) is 49.9 Å². The third kappa shape index (κ3) is 4.12. The van der Waals surface area contributed by atoms with Crippen molar-refractivity contribution in [2.75, 3.05) is 0 Å². The van der Waals surface area contributed by atoms with E-state index in [0.717, 1.165) is 54.9 Å². The fraction of sp³-hybridized carbons (Fsp3) is 0.118. The quantitative estimate of drug-likeness (QED) is 0.182. The summed E-state index contributed by atoms with van der Waals surface area (Å²) in [5.74, 6) is 1.84. The van der Waals surface area contributed by atoms with Crippen molar-refractivity contribution in [3.05, 3.63) is 168 Å². The van der Waals surface area contributed by atoms with Crippen molar-refractivity contribution in [2.24, 2.45) is 0 Å². The van der Waals surface area contributed by atoms with Crippen LogP contribution in [0.3, 0.4) is 0 Å². The molecule has 2 aliphatic carbocycles. The lowest BCUT2D eigenvalue weighted by atomic mass is 9.82. The van der Waals surface area contributed by atoms with Crippen molar-refractivity contribution in [3.63, 3.8) is 0 Å². The van der Waals surface area contributed by atoms with Crippen LogP contribution in [-0.4, -0.2) is 19.5 Å². The predicted octanol–water partition coefficient (Wildman–Crippen LogP) is 12.8. The normalized spacial score (nSPS) is 14.7. The van der Waals surface area contributed by atoms with Gasteiger partial charge in [-0.3, -0.25) is 4.57 Å². The fourth-order valence-electron chi connectivity index (χ4n) is 9.86. The van der Waals surface area contributed by atoms with Gasteiger partial charge in [-0.25, -0.2) is 4.98 Å². The van der Waals surface area contributed by atoms with Crippen molar-refractivity contribution in [1.82, 2.24) is 19.5 Å². The number of fused-ring (bicyclic) bond motifs is 13. The molecule has 3 heterocycles. The molecule has 5 heteroatoms. The SMILES string of the molecule is CC1(C)c2ccccc2-c2ccc(-c3nc(-c4ccc5c(c4)C(C)(C)c4ccccc4-5)nc(-n4c5ccccc5c5c6oc7ccccc7c6ccc54)n3)cc21. The summed E-state index contributed by atoms with van der Waals surface area (Å²) >= 11 is 0. The molecule has 5 nitrogen and oxygen atoms in total. The molecule has 0 unspecified atom stereocenters. The molecule has 12 rings (SSSR count). The zero-order chi connectivity index (χ0) is 37.5. The van der Waals surface area contributed by atoms with Gasteiger partial charge in [-0.05, 0) is 80.9 Å². The van der Waals surface area contributed by atoms with Crippen LogP contribution in [0.4, 0.5) is 0 Å². The van der Waals surface area contributed by atoms with E-state index < -0.39 is 0 Å². The number of hydrogen-bond acceptors (Lipinski definition) is 4. The lowest BCUT2D eigenvalue weighted by molar-refractivity contribution is 0.660.